The molecule has 1 aromatic carbocycles. The molecule has 0 saturated heterocycles. The third-order valence-electron chi connectivity index (χ3n) is 4.33. The fraction of sp³-hybridized carbons (Fsp3) is 0.250. The molecule has 0 fully saturated rings. The Kier molecular flexibility index (Phi) is 5.17. The highest BCUT2D eigenvalue weighted by Crippen LogP contribution is 2.40. The predicted octanol–water partition coefficient (Wildman–Crippen LogP) is 3.37. The lowest BCUT2D eigenvalue weighted by Gasteiger charge is -2.35. The first kappa shape index (κ1) is 20.2. The number of alkyl halides is 3. The van der Waals surface area contributed by atoms with Crippen molar-refractivity contribution in [2.45, 2.75) is 31.2 Å². The molecule has 5 nitrogen and oxygen atoms in total. The van der Waals surface area contributed by atoms with E-state index < -0.39 is 36.1 Å². The predicted molar refractivity (Wildman–Crippen MR) is 95.9 cm³/mol. The Morgan fingerprint density at radius 3 is 2.55 bits per heavy atom. The van der Waals surface area contributed by atoms with Crippen molar-refractivity contribution < 1.29 is 22.3 Å². The van der Waals surface area contributed by atoms with Gasteiger partial charge in [-0.3, -0.25) is 4.98 Å². The van der Waals surface area contributed by atoms with Gasteiger partial charge < -0.3 is 10.5 Å². The van der Waals surface area contributed by atoms with Crippen molar-refractivity contribution in [2.75, 3.05) is 0 Å². The second kappa shape index (κ2) is 7.44. The number of nitrogens with two attached hydrogens (primary N) is 1. The summed E-state index contributed by atoms with van der Waals surface area (Å²) >= 11 is 0. The number of aromatic nitrogens is 1. The van der Waals surface area contributed by atoms with Gasteiger partial charge in [-0.15, -0.1) is 0 Å². The molecule has 0 radical (unpaired) electrons. The van der Waals surface area contributed by atoms with Crippen LogP contribution in [0, 0.1) is 29.0 Å². The average molecular weight is 402 g/mol. The standard InChI is InChI=1S/C20H14F4N4O/c1-19(8-17(20(22,23)24)29-18(26)28-19)15-7-12(4-5-16(15)21)2-3-13-6-14(9-25)11-27-10-13/h4-7,10-11,17H,8H2,1H3,(H2,26,28)/t17-,19-/m0/s1. The van der Waals surface area contributed by atoms with Gasteiger partial charge in [0.1, 0.15) is 11.9 Å². The first-order chi connectivity index (χ1) is 13.6. The van der Waals surface area contributed by atoms with E-state index in [1.54, 1.807) is 0 Å². The summed E-state index contributed by atoms with van der Waals surface area (Å²) in [5, 5.41) is 8.89. The largest absolute Gasteiger partial charge is 0.452 e. The summed E-state index contributed by atoms with van der Waals surface area (Å²) in [5.74, 6) is 4.85. The van der Waals surface area contributed by atoms with Gasteiger partial charge in [0.15, 0.2) is 6.10 Å². The molecule has 0 amide bonds. The van der Waals surface area contributed by atoms with E-state index in [2.05, 4.69) is 26.6 Å². The topological polar surface area (TPSA) is 84.3 Å². The van der Waals surface area contributed by atoms with E-state index >= 15 is 0 Å². The number of rotatable bonds is 1. The maximum atomic E-state index is 14.5. The molecule has 1 aromatic heterocycles. The Balaban J connectivity index is 1.98. The number of nitriles is 1. The lowest BCUT2D eigenvalue weighted by atomic mass is 9.84. The molecule has 29 heavy (non-hydrogen) atoms. The van der Waals surface area contributed by atoms with E-state index in [4.69, 9.17) is 11.0 Å². The molecule has 0 unspecified atom stereocenters. The van der Waals surface area contributed by atoms with Crippen LogP contribution in [-0.4, -0.2) is 23.3 Å². The molecule has 0 aliphatic carbocycles. The smallest absolute Gasteiger partial charge is 0.425 e. The van der Waals surface area contributed by atoms with Crippen molar-refractivity contribution in [2.24, 2.45) is 10.7 Å². The number of amidine groups is 1. The summed E-state index contributed by atoms with van der Waals surface area (Å²) in [7, 11) is 0. The van der Waals surface area contributed by atoms with Crippen LogP contribution in [-0.2, 0) is 10.3 Å². The Morgan fingerprint density at radius 1 is 1.17 bits per heavy atom. The summed E-state index contributed by atoms with van der Waals surface area (Å²) in [5.41, 5.74) is 4.92. The van der Waals surface area contributed by atoms with Gasteiger partial charge in [0.25, 0.3) is 6.02 Å². The number of benzene rings is 1. The quantitative estimate of drug-likeness (QED) is 0.586. The van der Waals surface area contributed by atoms with Crippen molar-refractivity contribution in [1.82, 2.24) is 4.98 Å². The van der Waals surface area contributed by atoms with Crippen molar-refractivity contribution in [3.05, 3.63) is 64.7 Å². The summed E-state index contributed by atoms with van der Waals surface area (Å²) in [4.78, 5) is 7.82. The van der Waals surface area contributed by atoms with E-state index in [0.29, 0.717) is 16.7 Å². The van der Waals surface area contributed by atoms with Gasteiger partial charge in [0.05, 0.1) is 11.1 Å². The molecule has 1 aliphatic heterocycles. The monoisotopic (exact) mass is 402 g/mol. The molecule has 3 rings (SSSR count). The van der Waals surface area contributed by atoms with Crippen LogP contribution in [0.3, 0.4) is 0 Å². The number of halogens is 4. The van der Waals surface area contributed by atoms with Gasteiger partial charge in [-0.1, -0.05) is 11.8 Å². The zero-order valence-corrected chi connectivity index (χ0v) is 15.1. The van der Waals surface area contributed by atoms with Gasteiger partial charge in [-0.25, -0.2) is 9.38 Å². The van der Waals surface area contributed by atoms with E-state index in [1.165, 1.54) is 37.5 Å². The van der Waals surface area contributed by atoms with Gasteiger partial charge in [0.2, 0.25) is 0 Å². The molecule has 2 heterocycles. The van der Waals surface area contributed by atoms with Crippen LogP contribution in [0.15, 0.2) is 41.7 Å². The number of pyridine rings is 1. The number of hydrogen-bond acceptors (Lipinski definition) is 5. The van der Waals surface area contributed by atoms with E-state index in [-0.39, 0.29) is 5.56 Å². The lowest BCUT2D eigenvalue weighted by molar-refractivity contribution is -0.208. The molecular formula is C20H14F4N4O. The van der Waals surface area contributed by atoms with E-state index in [0.717, 1.165) is 6.07 Å². The van der Waals surface area contributed by atoms with E-state index in [9.17, 15) is 17.6 Å². The molecule has 148 valence electrons. The third kappa shape index (κ3) is 4.46. The van der Waals surface area contributed by atoms with Crippen molar-refractivity contribution in [3.63, 3.8) is 0 Å². The fourth-order valence-corrected chi connectivity index (χ4v) is 2.95. The summed E-state index contributed by atoms with van der Waals surface area (Å²) in [6.45, 7) is 1.36. The van der Waals surface area contributed by atoms with Crippen LogP contribution in [0.2, 0.25) is 0 Å². The Bertz CT molecular complexity index is 1080. The van der Waals surface area contributed by atoms with Gasteiger partial charge in [0, 0.05) is 35.5 Å². The lowest BCUT2D eigenvalue weighted by Crippen LogP contribution is -2.46. The van der Waals surface area contributed by atoms with Crippen molar-refractivity contribution >= 4 is 6.02 Å². The Hall–Kier alpha value is -3.59. The number of ether oxygens (including phenoxy) is 1. The van der Waals surface area contributed by atoms with Crippen LogP contribution < -0.4 is 5.73 Å². The first-order valence-electron chi connectivity index (χ1n) is 8.36. The molecule has 9 heteroatoms. The average Bonchev–Trinajstić information content (AvgIpc) is 2.66. The number of nitrogens with zero attached hydrogens (tertiary/aromatic N) is 3. The van der Waals surface area contributed by atoms with Crippen molar-refractivity contribution in [3.8, 4) is 17.9 Å². The molecule has 1 aliphatic rings. The fourth-order valence-electron chi connectivity index (χ4n) is 2.95. The minimum Gasteiger partial charge on any atom is -0.452 e. The SMILES string of the molecule is C[C@@]1(c2cc(C#Cc3cncc(C#N)c3)ccc2F)C[C@@H](C(F)(F)F)OC(N)=N1. The molecule has 0 saturated carbocycles. The normalized spacial score (nSPS) is 21.2. The third-order valence-corrected chi connectivity index (χ3v) is 4.33. The first-order valence-corrected chi connectivity index (χ1v) is 8.36. The van der Waals surface area contributed by atoms with Crippen LogP contribution >= 0.6 is 0 Å². The maximum absolute atomic E-state index is 14.5. The van der Waals surface area contributed by atoms with Crippen LogP contribution in [0.1, 0.15) is 35.6 Å². The molecule has 0 bridgehead atoms. The Morgan fingerprint density at radius 2 is 1.86 bits per heavy atom. The van der Waals surface area contributed by atoms with Crippen molar-refractivity contribution in [1.29, 1.82) is 5.26 Å². The maximum Gasteiger partial charge on any atom is 0.425 e. The molecule has 2 aromatic rings. The summed E-state index contributed by atoms with van der Waals surface area (Å²) in [6, 6.07) is 6.65. The van der Waals surface area contributed by atoms with E-state index in [1.807, 2.05) is 6.07 Å². The zero-order valence-electron chi connectivity index (χ0n) is 15.1. The van der Waals surface area contributed by atoms with Gasteiger partial charge in [-0.2, -0.15) is 18.4 Å². The minimum atomic E-state index is -4.67. The molecular weight excluding hydrogens is 388 g/mol. The molecule has 0 spiro atoms. The summed E-state index contributed by atoms with van der Waals surface area (Å²) < 4.78 is 58.5. The van der Waals surface area contributed by atoms with Crippen LogP contribution in [0.25, 0.3) is 0 Å². The zero-order chi connectivity index (χ0) is 21.2. The summed E-state index contributed by atoms with van der Waals surface area (Å²) in [6.07, 6.45) is -4.66. The van der Waals surface area contributed by atoms with Gasteiger partial charge in [-0.05, 0) is 31.2 Å². The second-order valence-corrected chi connectivity index (χ2v) is 6.59. The second-order valence-electron chi connectivity index (χ2n) is 6.59. The Labute approximate surface area is 163 Å². The van der Waals surface area contributed by atoms with Crippen LogP contribution in [0.5, 0.6) is 0 Å². The number of hydrogen-bond donors (Lipinski definition) is 1. The highest BCUT2D eigenvalue weighted by atomic mass is 19.4. The highest BCUT2D eigenvalue weighted by Gasteiger charge is 2.50. The van der Waals surface area contributed by atoms with Crippen LogP contribution in [0.4, 0.5) is 17.6 Å². The molecule has 2 atom stereocenters. The van der Waals surface area contributed by atoms with Gasteiger partial charge >= 0.3 is 6.18 Å². The minimum absolute atomic E-state index is 0.0753. The number of aliphatic imine (C=N–C) groups is 1. The highest BCUT2D eigenvalue weighted by molar-refractivity contribution is 5.73. The molecule has 2 N–H and O–H groups in total.